The van der Waals surface area contributed by atoms with Crippen LogP contribution in [0.3, 0.4) is 0 Å². The molecule has 0 saturated heterocycles. The molecule has 2 aromatic carbocycles. The summed E-state index contributed by atoms with van der Waals surface area (Å²) in [5.74, 6) is -1.75. The number of nitrogens with one attached hydrogen (secondary N) is 2. The Bertz CT molecular complexity index is 1350. The second-order valence-corrected chi connectivity index (χ2v) is 7.29. The van der Waals surface area contributed by atoms with Gasteiger partial charge in [0.05, 0.1) is 0 Å². The molecule has 4 aromatic rings. The maximum absolute atomic E-state index is 13.9. The zero-order chi connectivity index (χ0) is 22.1. The first-order valence-electron chi connectivity index (χ1n) is 8.78. The minimum absolute atomic E-state index is 0.0757. The molecule has 2 amide bonds. The Morgan fingerprint density at radius 3 is 2.39 bits per heavy atom. The fraction of sp³-hybridized carbons (Fsp3) is 0. The number of nitrogens with zero attached hydrogens (tertiary/aromatic N) is 3. The number of anilines is 3. The number of urea groups is 1. The van der Waals surface area contributed by atoms with Crippen molar-refractivity contribution >= 4 is 50.2 Å². The molecular formula is C20H13BrF2N6O2. The predicted octanol–water partition coefficient (Wildman–Crippen LogP) is 4.05. The number of nitrogens with two attached hydrogens (primary N) is 1. The molecule has 0 atom stereocenters. The van der Waals surface area contributed by atoms with Crippen LogP contribution in [0.5, 0.6) is 0 Å². The second-order valence-electron chi connectivity index (χ2n) is 6.38. The molecule has 31 heavy (non-hydrogen) atoms. The fourth-order valence-corrected chi connectivity index (χ4v) is 3.36. The van der Waals surface area contributed by atoms with Crippen molar-refractivity contribution in [2.45, 2.75) is 0 Å². The number of hydrogen-bond acceptors (Lipinski definition) is 5. The fourth-order valence-electron chi connectivity index (χ4n) is 2.96. The summed E-state index contributed by atoms with van der Waals surface area (Å²) < 4.78 is 29.6. The Morgan fingerprint density at radius 2 is 1.71 bits per heavy atom. The molecule has 2 heterocycles. The van der Waals surface area contributed by atoms with E-state index in [1.54, 1.807) is 35.0 Å². The zero-order valence-electron chi connectivity index (χ0n) is 15.6. The van der Waals surface area contributed by atoms with E-state index in [-0.39, 0.29) is 21.1 Å². The molecule has 0 unspecified atom stereocenters. The van der Waals surface area contributed by atoms with Gasteiger partial charge in [-0.3, -0.25) is 4.79 Å². The smallest absolute Gasteiger partial charge is 0.323 e. The summed E-state index contributed by atoms with van der Waals surface area (Å²) in [5, 5.41) is 4.84. The summed E-state index contributed by atoms with van der Waals surface area (Å²) in [7, 11) is 0. The van der Waals surface area contributed by atoms with E-state index in [4.69, 9.17) is 5.73 Å². The first kappa shape index (κ1) is 20.4. The lowest BCUT2D eigenvalue weighted by molar-refractivity contribution is 0.262. The topological polar surface area (TPSA) is 115 Å². The second kappa shape index (κ2) is 8.11. The maximum atomic E-state index is 13.9. The van der Waals surface area contributed by atoms with Crippen molar-refractivity contribution in [1.29, 1.82) is 0 Å². The highest BCUT2D eigenvalue weighted by atomic mass is 79.9. The van der Waals surface area contributed by atoms with E-state index in [2.05, 4.69) is 36.5 Å². The molecule has 0 spiro atoms. The van der Waals surface area contributed by atoms with Gasteiger partial charge in [-0.15, -0.1) is 0 Å². The van der Waals surface area contributed by atoms with E-state index in [1.807, 2.05) is 0 Å². The Morgan fingerprint density at radius 1 is 1.03 bits per heavy atom. The van der Waals surface area contributed by atoms with Crippen LogP contribution in [0.4, 0.5) is 30.8 Å². The number of carbonyl (C=O) groups excluding carboxylic acids is 1. The highest BCUT2D eigenvalue weighted by molar-refractivity contribution is 9.10. The summed E-state index contributed by atoms with van der Waals surface area (Å²) in [4.78, 5) is 32.2. The lowest BCUT2D eigenvalue weighted by Gasteiger charge is -2.12. The average Bonchev–Trinajstić information content (AvgIpc) is 2.72. The Labute approximate surface area is 181 Å². The summed E-state index contributed by atoms with van der Waals surface area (Å²) in [6.45, 7) is 0. The Kier molecular flexibility index (Phi) is 5.34. The number of nitrogen functional groups attached to an aromatic ring is 1. The third-order valence-electron chi connectivity index (χ3n) is 4.35. The molecule has 2 aromatic heterocycles. The Hall–Kier alpha value is -3.86. The van der Waals surface area contributed by atoms with Crippen LogP contribution in [0.2, 0.25) is 0 Å². The number of aromatic nitrogens is 3. The van der Waals surface area contributed by atoms with Gasteiger partial charge in [0.25, 0.3) is 0 Å². The first-order valence-corrected chi connectivity index (χ1v) is 9.57. The van der Waals surface area contributed by atoms with Crippen LogP contribution in [0.15, 0.2) is 64.3 Å². The molecule has 0 bridgehead atoms. The molecule has 156 valence electrons. The van der Waals surface area contributed by atoms with E-state index in [0.717, 1.165) is 12.1 Å². The van der Waals surface area contributed by atoms with Gasteiger partial charge < -0.3 is 20.9 Å². The van der Waals surface area contributed by atoms with Gasteiger partial charge in [-0.1, -0.05) is 15.9 Å². The van der Waals surface area contributed by atoms with Gasteiger partial charge in [-0.2, -0.15) is 0 Å². The van der Waals surface area contributed by atoms with Crippen molar-refractivity contribution in [3.8, 4) is 5.69 Å². The molecule has 0 aliphatic carbocycles. The van der Waals surface area contributed by atoms with Crippen LogP contribution in [0, 0.1) is 11.6 Å². The van der Waals surface area contributed by atoms with E-state index >= 15 is 0 Å². The number of carbonyl (C=O) groups is 1. The number of pyridine rings is 1. The summed E-state index contributed by atoms with van der Waals surface area (Å²) >= 11 is 2.97. The number of hydrogen-bond donors (Lipinski definition) is 3. The van der Waals surface area contributed by atoms with Crippen LogP contribution in [0.1, 0.15) is 0 Å². The van der Waals surface area contributed by atoms with Crippen LogP contribution < -0.4 is 21.8 Å². The number of benzene rings is 2. The van der Waals surface area contributed by atoms with Gasteiger partial charge in [0, 0.05) is 28.1 Å². The molecular weight excluding hydrogens is 474 g/mol. The van der Waals surface area contributed by atoms with Crippen molar-refractivity contribution in [1.82, 2.24) is 14.5 Å². The number of rotatable bonds is 3. The van der Waals surface area contributed by atoms with Crippen LogP contribution in [-0.4, -0.2) is 20.6 Å². The summed E-state index contributed by atoms with van der Waals surface area (Å²) in [5.41, 5.74) is 6.29. The predicted molar refractivity (Wildman–Crippen MR) is 116 cm³/mol. The number of halogens is 3. The molecule has 0 saturated carbocycles. The van der Waals surface area contributed by atoms with Gasteiger partial charge in [0.1, 0.15) is 23.2 Å². The number of amides is 2. The molecule has 8 nitrogen and oxygen atoms in total. The van der Waals surface area contributed by atoms with E-state index in [1.165, 1.54) is 12.4 Å². The highest BCUT2D eigenvalue weighted by Gasteiger charge is 2.14. The van der Waals surface area contributed by atoms with Crippen LogP contribution >= 0.6 is 15.9 Å². The minimum atomic E-state index is -0.913. The maximum Gasteiger partial charge on any atom is 0.323 e. The van der Waals surface area contributed by atoms with E-state index in [0.29, 0.717) is 17.0 Å². The lowest BCUT2D eigenvalue weighted by atomic mass is 10.2. The van der Waals surface area contributed by atoms with Gasteiger partial charge in [0.2, 0.25) is 0 Å². The minimum Gasteiger partial charge on any atom is -0.383 e. The monoisotopic (exact) mass is 486 g/mol. The van der Waals surface area contributed by atoms with Crippen molar-refractivity contribution in [3.63, 3.8) is 0 Å². The SMILES string of the molecule is Nc1ncnc2c1c(=O)ccn2-c1ccc(NC(=O)Nc2c(F)cc(Br)cc2F)cc1. The molecule has 0 radical (unpaired) electrons. The lowest BCUT2D eigenvalue weighted by Crippen LogP contribution is -2.21. The number of fused-ring (bicyclic) bond motifs is 1. The average molecular weight is 487 g/mol. The molecule has 4 rings (SSSR count). The standard InChI is InChI=1S/C20H13BrF2N6O2/c21-10-7-13(22)17(14(23)8-10)28-20(31)27-11-1-3-12(4-2-11)29-6-5-15(30)16-18(24)25-9-26-19(16)29/h1-9H,(H2,24,25,26)(H2,27,28,31). The van der Waals surface area contributed by atoms with Crippen LogP contribution in [0.25, 0.3) is 16.7 Å². The first-order chi connectivity index (χ1) is 14.8. The van der Waals surface area contributed by atoms with Crippen LogP contribution in [-0.2, 0) is 0 Å². The zero-order valence-corrected chi connectivity index (χ0v) is 17.2. The van der Waals surface area contributed by atoms with Crippen molar-refractivity contribution < 1.29 is 13.6 Å². The summed E-state index contributed by atoms with van der Waals surface area (Å²) in [6, 6.07) is 9.11. The van der Waals surface area contributed by atoms with E-state index in [9.17, 15) is 18.4 Å². The third-order valence-corrected chi connectivity index (χ3v) is 4.81. The van der Waals surface area contributed by atoms with Crippen molar-refractivity contribution in [2.24, 2.45) is 0 Å². The van der Waals surface area contributed by atoms with Gasteiger partial charge in [-0.05, 0) is 36.4 Å². The largest absolute Gasteiger partial charge is 0.383 e. The van der Waals surface area contributed by atoms with Gasteiger partial charge >= 0.3 is 6.03 Å². The van der Waals surface area contributed by atoms with Crippen molar-refractivity contribution in [2.75, 3.05) is 16.4 Å². The molecule has 0 fully saturated rings. The molecule has 4 N–H and O–H groups in total. The quantitative estimate of drug-likeness (QED) is 0.404. The molecule has 11 heteroatoms. The normalized spacial score (nSPS) is 10.8. The van der Waals surface area contributed by atoms with Gasteiger partial charge in [-0.25, -0.2) is 23.5 Å². The summed E-state index contributed by atoms with van der Waals surface area (Å²) in [6.07, 6.45) is 2.81. The molecule has 0 aliphatic heterocycles. The highest BCUT2D eigenvalue weighted by Crippen LogP contribution is 2.24. The van der Waals surface area contributed by atoms with Gasteiger partial charge in [0.15, 0.2) is 22.7 Å². The van der Waals surface area contributed by atoms with E-state index < -0.39 is 23.4 Å². The van der Waals surface area contributed by atoms with Crippen molar-refractivity contribution in [3.05, 3.63) is 81.3 Å². The third kappa shape index (κ3) is 4.08. The Balaban J connectivity index is 1.57. The molecule has 0 aliphatic rings.